The van der Waals surface area contributed by atoms with E-state index in [4.69, 9.17) is 10.8 Å². The number of aromatic nitrogens is 3. The predicted octanol–water partition coefficient (Wildman–Crippen LogP) is -0.0773. The standard InChI is InChI=1S/C10H12N4O2/c1-14-9-3-2-6(4-7(11)10(15)16)5-8(9)12-13-14/h2-3,5,7H,4,11H2,1H3,(H,15,16). The quantitative estimate of drug-likeness (QED) is 0.754. The van der Waals surface area contributed by atoms with Crippen molar-refractivity contribution >= 4 is 17.0 Å². The van der Waals surface area contributed by atoms with Crippen molar-refractivity contribution in [2.24, 2.45) is 12.8 Å². The summed E-state index contributed by atoms with van der Waals surface area (Å²) in [5.74, 6) is -1.00. The van der Waals surface area contributed by atoms with E-state index in [-0.39, 0.29) is 0 Å². The number of carboxylic acid groups (broad SMARTS) is 1. The molecule has 0 bridgehead atoms. The molecule has 0 aliphatic rings. The van der Waals surface area contributed by atoms with E-state index in [0.29, 0.717) is 6.42 Å². The Kier molecular flexibility index (Phi) is 2.57. The minimum atomic E-state index is -1.00. The van der Waals surface area contributed by atoms with Crippen LogP contribution in [-0.4, -0.2) is 32.1 Å². The highest BCUT2D eigenvalue weighted by Crippen LogP contribution is 2.13. The average molecular weight is 220 g/mol. The average Bonchev–Trinajstić information content (AvgIpc) is 2.60. The molecule has 0 spiro atoms. The number of rotatable bonds is 3. The fourth-order valence-corrected chi connectivity index (χ4v) is 1.55. The normalized spacial score (nSPS) is 12.9. The van der Waals surface area contributed by atoms with Crippen LogP contribution in [0.3, 0.4) is 0 Å². The molecule has 1 heterocycles. The van der Waals surface area contributed by atoms with Gasteiger partial charge >= 0.3 is 5.97 Å². The number of nitrogens with two attached hydrogens (primary N) is 1. The molecule has 0 saturated heterocycles. The molecule has 0 amide bonds. The van der Waals surface area contributed by atoms with Gasteiger partial charge in [0.1, 0.15) is 11.6 Å². The van der Waals surface area contributed by atoms with Crippen LogP contribution in [-0.2, 0) is 18.3 Å². The molecule has 1 aromatic heterocycles. The highest BCUT2D eigenvalue weighted by Gasteiger charge is 2.12. The first-order valence-corrected chi connectivity index (χ1v) is 4.84. The second-order valence-electron chi connectivity index (χ2n) is 3.68. The van der Waals surface area contributed by atoms with Crippen LogP contribution in [0, 0.1) is 0 Å². The number of fused-ring (bicyclic) bond motifs is 1. The summed E-state index contributed by atoms with van der Waals surface area (Å²) in [6.07, 6.45) is 0.293. The summed E-state index contributed by atoms with van der Waals surface area (Å²) >= 11 is 0. The van der Waals surface area contributed by atoms with E-state index in [1.807, 2.05) is 18.2 Å². The van der Waals surface area contributed by atoms with E-state index >= 15 is 0 Å². The molecule has 1 aromatic carbocycles. The van der Waals surface area contributed by atoms with Gasteiger partial charge in [-0.25, -0.2) is 4.68 Å². The van der Waals surface area contributed by atoms with Gasteiger partial charge in [0, 0.05) is 7.05 Å². The number of nitrogens with zero attached hydrogens (tertiary/aromatic N) is 3. The minimum absolute atomic E-state index is 0.293. The molecule has 0 aliphatic heterocycles. The maximum absolute atomic E-state index is 10.6. The highest BCUT2D eigenvalue weighted by atomic mass is 16.4. The molecular weight excluding hydrogens is 208 g/mol. The third-order valence-corrected chi connectivity index (χ3v) is 2.45. The molecule has 3 N–H and O–H groups in total. The number of benzene rings is 1. The second kappa shape index (κ2) is 3.90. The van der Waals surface area contributed by atoms with Gasteiger partial charge in [0.15, 0.2) is 0 Å². The van der Waals surface area contributed by atoms with E-state index in [9.17, 15) is 4.79 Å². The van der Waals surface area contributed by atoms with Crippen molar-refractivity contribution in [3.05, 3.63) is 23.8 Å². The summed E-state index contributed by atoms with van der Waals surface area (Å²) in [7, 11) is 1.80. The molecule has 6 nitrogen and oxygen atoms in total. The van der Waals surface area contributed by atoms with Gasteiger partial charge in [0.2, 0.25) is 0 Å². The van der Waals surface area contributed by atoms with Crippen LogP contribution < -0.4 is 5.73 Å². The third-order valence-electron chi connectivity index (χ3n) is 2.45. The Bertz CT molecular complexity index is 535. The summed E-state index contributed by atoms with van der Waals surface area (Å²) in [6, 6.07) is 4.63. The van der Waals surface area contributed by atoms with Crippen LogP contribution in [0.15, 0.2) is 18.2 Å². The first kappa shape index (κ1) is 10.6. The molecular formula is C10H12N4O2. The Balaban J connectivity index is 2.29. The van der Waals surface area contributed by atoms with E-state index < -0.39 is 12.0 Å². The zero-order chi connectivity index (χ0) is 11.7. The lowest BCUT2D eigenvalue weighted by Crippen LogP contribution is -2.32. The third kappa shape index (κ3) is 1.87. The van der Waals surface area contributed by atoms with E-state index in [1.165, 1.54) is 0 Å². The largest absolute Gasteiger partial charge is 0.480 e. The number of aliphatic carboxylic acids is 1. The van der Waals surface area contributed by atoms with Gasteiger partial charge in [-0.3, -0.25) is 4.79 Å². The Hall–Kier alpha value is -1.95. The first-order valence-electron chi connectivity index (χ1n) is 4.84. The number of hydrogen-bond donors (Lipinski definition) is 2. The Morgan fingerprint density at radius 1 is 1.62 bits per heavy atom. The molecule has 1 unspecified atom stereocenters. The lowest BCUT2D eigenvalue weighted by Gasteiger charge is -2.05. The summed E-state index contributed by atoms with van der Waals surface area (Å²) in [4.78, 5) is 10.6. The fourth-order valence-electron chi connectivity index (χ4n) is 1.55. The van der Waals surface area contributed by atoms with Crippen molar-refractivity contribution in [3.63, 3.8) is 0 Å². The molecule has 2 rings (SSSR count). The molecule has 1 atom stereocenters. The van der Waals surface area contributed by atoms with E-state index in [1.54, 1.807) is 11.7 Å². The van der Waals surface area contributed by atoms with Crippen molar-refractivity contribution in [1.82, 2.24) is 15.0 Å². The lowest BCUT2D eigenvalue weighted by molar-refractivity contribution is -0.138. The van der Waals surface area contributed by atoms with Gasteiger partial charge in [-0.2, -0.15) is 0 Å². The van der Waals surface area contributed by atoms with Gasteiger partial charge in [-0.05, 0) is 24.1 Å². The molecule has 0 aliphatic carbocycles. The zero-order valence-electron chi connectivity index (χ0n) is 8.79. The summed E-state index contributed by atoms with van der Waals surface area (Å²) in [6.45, 7) is 0. The SMILES string of the molecule is Cn1nnc2cc(CC(N)C(=O)O)ccc21. The van der Waals surface area contributed by atoms with Crippen molar-refractivity contribution in [2.75, 3.05) is 0 Å². The minimum Gasteiger partial charge on any atom is -0.480 e. The van der Waals surface area contributed by atoms with Gasteiger partial charge in [0.25, 0.3) is 0 Å². The molecule has 84 valence electrons. The second-order valence-corrected chi connectivity index (χ2v) is 3.68. The first-order chi connectivity index (χ1) is 7.58. The molecule has 2 aromatic rings. The molecule has 16 heavy (non-hydrogen) atoms. The van der Waals surface area contributed by atoms with Gasteiger partial charge < -0.3 is 10.8 Å². The number of carbonyl (C=O) groups is 1. The monoisotopic (exact) mass is 220 g/mol. The van der Waals surface area contributed by atoms with E-state index in [0.717, 1.165) is 16.6 Å². The lowest BCUT2D eigenvalue weighted by atomic mass is 10.1. The predicted molar refractivity (Wildman–Crippen MR) is 57.8 cm³/mol. The summed E-state index contributed by atoms with van der Waals surface area (Å²) < 4.78 is 1.66. The van der Waals surface area contributed by atoms with Crippen LogP contribution in [0.4, 0.5) is 0 Å². The van der Waals surface area contributed by atoms with Gasteiger partial charge in [-0.1, -0.05) is 11.3 Å². The summed E-state index contributed by atoms with van der Waals surface area (Å²) in [5, 5.41) is 16.5. The van der Waals surface area contributed by atoms with Gasteiger partial charge in [0.05, 0.1) is 5.52 Å². The maximum Gasteiger partial charge on any atom is 0.320 e. The number of hydrogen-bond acceptors (Lipinski definition) is 4. The highest BCUT2D eigenvalue weighted by molar-refractivity contribution is 5.76. The maximum atomic E-state index is 10.6. The van der Waals surface area contributed by atoms with E-state index in [2.05, 4.69) is 10.3 Å². The molecule has 0 fully saturated rings. The Labute approximate surface area is 91.7 Å². The van der Waals surface area contributed by atoms with Crippen LogP contribution >= 0.6 is 0 Å². The smallest absolute Gasteiger partial charge is 0.320 e. The van der Waals surface area contributed by atoms with Crippen molar-refractivity contribution in [3.8, 4) is 0 Å². The number of carboxylic acids is 1. The van der Waals surface area contributed by atoms with Crippen LogP contribution in [0.2, 0.25) is 0 Å². The Morgan fingerprint density at radius 3 is 3.06 bits per heavy atom. The van der Waals surface area contributed by atoms with Crippen molar-refractivity contribution in [1.29, 1.82) is 0 Å². The van der Waals surface area contributed by atoms with Crippen molar-refractivity contribution < 1.29 is 9.90 Å². The van der Waals surface area contributed by atoms with Crippen LogP contribution in [0.1, 0.15) is 5.56 Å². The molecule has 0 saturated carbocycles. The van der Waals surface area contributed by atoms with Crippen molar-refractivity contribution in [2.45, 2.75) is 12.5 Å². The van der Waals surface area contributed by atoms with Gasteiger partial charge in [-0.15, -0.1) is 5.10 Å². The van der Waals surface area contributed by atoms with Crippen LogP contribution in [0.25, 0.3) is 11.0 Å². The molecule has 6 heteroatoms. The Morgan fingerprint density at radius 2 is 2.38 bits per heavy atom. The van der Waals surface area contributed by atoms with Crippen LogP contribution in [0.5, 0.6) is 0 Å². The fraction of sp³-hybridized carbons (Fsp3) is 0.300. The number of aryl methyl sites for hydroxylation is 1. The summed E-state index contributed by atoms with van der Waals surface area (Å²) in [5.41, 5.74) is 7.96. The topological polar surface area (TPSA) is 94.0 Å². The molecule has 0 radical (unpaired) electrons. The zero-order valence-corrected chi connectivity index (χ0v) is 8.79.